The zero-order valence-electron chi connectivity index (χ0n) is 14.2. The van der Waals surface area contributed by atoms with Gasteiger partial charge in [-0.15, -0.1) is 10.2 Å². The van der Waals surface area contributed by atoms with Gasteiger partial charge >= 0.3 is 6.03 Å². The normalized spacial score (nSPS) is 17.4. The fourth-order valence-electron chi connectivity index (χ4n) is 3.00. The molecule has 8 heteroatoms. The molecule has 1 saturated heterocycles. The molecule has 0 saturated carbocycles. The second-order valence-electron chi connectivity index (χ2n) is 6.36. The molecule has 1 fully saturated rings. The molecular weight excluding hydrogens is 324 g/mol. The Balaban J connectivity index is 1.48. The van der Waals surface area contributed by atoms with Crippen LogP contribution in [0.25, 0.3) is 0 Å². The number of nitrogens with one attached hydrogen (secondary N) is 1. The van der Waals surface area contributed by atoms with Gasteiger partial charge < -0.3 is 4.90 Å². The van der Waals surface area contributed by atoms with Crippen molar-refractivity contribution in [3.8, 4) is 0 Å². The van der Waals surface area contributed by atoms with E-state index in [2.05, 4.69) is 27.5 Å². The first kappa shape index (κ1) is 16.9. The first-order valence-electron chi connectivity index (χ1n) is 8.50. The van der Waals surface area contributed by atoms with Gasteiger partial charge in [-0.2, -0.15) is 5.10 Å². The average molecular weight is 348 g/mol. The SMILES string of the molecule is CCCCc1nnc(NC(=O)N2CC[C@H](Cc3cnn(C)c3)C2)s1. The van der Waals surface area contributed by atoms with Crippen LogP contribution in [0.4, 0.5) is 9.93 Å². The van der Waals surface area contributed by atoms with Crippen molar-refractivity contribution in [2.24, 2.45) is 13.0 Å². The maximum absolute atomic E-state index is 12.4. The predicted octanol–water partition coefficient (Wildman–Crippen LogP) is 2.71. The summed E-state index contributed by atoms with van der Waals surface area (Å²) >= 11 is 1.47. The molecule has 0 aromatic carbocycles. The van der Waals surface area contributed by atoms with Crippen LogP contribution in [0.15, 0.2) is 12.4 Å². The number of urea groups is 1. The first-order chi connectivity index (χ1) is 11.6. The van der Waals surface area contributed by atoms with E-state index in [0.29, 0.717) is 11.0 Å². The lowest BCUT2D eigenvalue weighted by Crippen LogP contribution is -2.33. The van der Waals surface area contributed by atoms with Crippen LogP contribution in [0.1, 0.15) is 36.8 Å². The zero-order valence-corrected chi connectivity index (χ0v) is 15.1. The van der Waals surface area contributed by atoms with Crippen molar-refractivity contribution in [2.75, 3.05) is 18.4 Å². The molecule has 1 aliphatic rings. The van der Waals surface area contributed by atoms with Crippen LogP contribution < -0.4 is 5.32 Å². The summed E-state index contributed by atoms with van der Waals surface area (Å²) in [4.78, 5) is 14.2. The molecule has 24 heavy (non-hydrogen) atoms. The highest BCUT2D eigenvalue weighted by Gasteiger charge is 2.27. The van der Waals surface area contributed by atoms with E-state index in [1.54, 1.807) is 0 Å². The van der Waals surface area contributed by atoms with Gasteiger partial charge in [0.15, 0.2) is 0 Å². The maximum Gasteiger partial charge on any atom is 0.323 e. The summed E-state index contributed by atoms with van der Waals surface area (Å²) in [6, 6.07) is -0.0677. The number of aryl methyl sites for hydroxylation is 2. The fourth-order valence-corrected chi connectivity index (χ4v) is 3.77. The highest BCUT2D eigenvalue weighted by atomic mass is 32.1. The number of unbranched alkanes of at least 4 members (excludes halogenated alkanes) is 1. The fraction of sp³-hybridized carbons (Fsp3) is 0.625. The lowest BCUT2D eigenvalue weighted by molar-refractivity contribution is 0.220. The van der Waals surface area contributed by atoms with Gasteiger partial charge in [0, 0.05) is 32.8 Å². The van der Waals surface area contributed by atoms with E-state index >= 15 is 0 Å². The third-order valence-electron chi connectivity index (χ3n) is 4.28. The van der Waals surface area contributed by atoms with Gasteiger partial charge in [-0.1, -0.05) is 24.7 Å². The zero-order chi connectivity index (χ0) is 16.9. The average Bonchev–Trinajstić information content (AvgIpc) is 3.28. The lowest BCUT2D eigenvalue weighted by atomic mass is 10.0. The Kier molecular flexibility index (Phi) is 5.44. The maximum atomic E-state index is 12.4. The van der Waals surface area contributed by atoms with Gasteiger partial charge in [-0.25, -0.2) is 4.79 Å². The van der Waals surface area contributed by atoms with Gasteiger partial charge in [0.2, 0.25) is 5.13 Å². The monoisotopic (exact) mass is 348 g/mol. The van der Waals surface area contributed by atoms with Crippen molar-refractivity contribution in [1.29, 1.82) is 0 Å². The molecular formula is C16H24N6OS. The number of amides is 2. The molecule has 0 aliphatic carbocycles. The summed E-state index contributed by atoms with van der Waals surface area (Å²) < 4.78 is 1.82. The number of carbonyl (C=O) groups excluding carboxylic acids is 1. The van der Waals surface area contributed by atoms with E-state index in [0.717, 1.165) is 50.2 Å². The van der Waals surface area contributed by atoms with E-state index < -0.39 is 0 Å². The minimum atomic E-state index is -0.0677. The quantitative estimate of drug-likeness (QED) is 0.871. The predicted molar refractivity (Wildman–Crippen MR) is 94.1 cm³/mol. The van der Waals surface area contributed by atoms with E-state index in [1.807, 2.05) is 29.0 Å². The third kappa shape index (κ3) is 4.31. The smallest absolute Gasteiger partial charge is 0.323 e. The summed E-state index contributed by atoms with van der Waals surface area (Å²) in [5.41, 5.74) is 1.23. The molecule has 3 heterocycles. The largest absolute Gasteiger partial charge is 0.324 e. The molecule has 2 amide bonds. The third-order valence-corrected chi connectivity index (χ3v) is 5.18. The minimum Gasteiger partial charge on any atom is -0.324 e. The van der Waals surface area contributed by atoms with Crippen molar-refractivity contribution < 1.29 is 4.79 Å². The first-order valence-corrected chi connectivity index (χ1v) is 9.31. The summed E-state index contributed by atoms with van der Waals surface area (Å²) in [5, 5.41) is 16.9. The Bertz CT molecular complexity index is 682. The van der Waals surface area contributed by atoms with Crippen LogP contribution in [0.2, 0.25) is 0 Å². The van der Waals surface area contributed by atoms with Gasteiger partial charge in [0.1, 0.15) is 5.01 Å². The van der Waals surface area contributed by atoms with E-state index in [1.165, 1.54) is 16.9 Å². The molecule has 0 radical (unpaired) electrons. The topological polar surface area (TPSA) is 75.9 Å². The number of aromatic nitrogens is 4. The number of carbonyl (C=O) groups is 1. The molecule has 2 aromatic rings. The summed E-state index contributed by atoms with van der Waals surface area (Å²) in [6.07, 6.45) is 9.11. The van der Waals surface area contributed by atoms with Crippen molar-refractivity contribution >= 4 is 22.5 Å². The molecule has 1 aliphatic heterocycles. The number of rotatable bonds is 6. The number of hydrogen-bond acceptors (Lipinski definition) is 5. The van der Waals surface area contributed by atoms with Crippen molar-refractivity contribution in [2.45, 2.75) is 39.0 Å². The Labute approximate surface area is 146 Å². The summed E-state index contributed by atoms with van der Waals surface area (Å²) in [7, 11) is 1.93. The minimum absolute atomic E-state index is 0.0677. The van der Waals surface area contributed by atoms with Crippen molar-refractivity contribution in [1.82, 2.24) is 24.9 Å². The van der Waals surface area contributed by atoms with Crippen molar-refractivity contribution in [3.63, 3.8) is 0 Å². The molecule has 3 rings (SSSR count). The molecule has 0 spiro atoms. The van der Waals surface area contributed by atoms with Crippen LogP contribution in [0.3, 0.4) is 0 Å². The lowest BCUT2D eigenvalue weighted by Gasteiger charge is -2.16. The number of likely N-dealkylation sites (tertiary alicyclic amines) is 1. The van der Waals surface area contributed by atoms with Gasteiger partial charge in [0.25, 0.3) is 0 Å². The molecule has 1 atom stereocenters. The van der Waals surface area contributed by atoms with E-state index in [9.17, 15) is 4.79 Å². The Morgan fingerprint density at radius 1 is 1.46 bits per heavy atom. The van der Waals surface area contributed by atoms with Gasteiger partial charge in [0.05, 0.1) is 6.20 Å². The van der Waals surface area contributed by atoms with Crippen molar-refractivity contribution in [3.05, 3.63) is 23.0 Å². The van der Waals surface area contributed by atoms with Gasteiger partial charge in [-0.05, 0) is 30.7 Å². The molecule has 0 unspecified atom stereocenters. The number of anilines is 1. The Morgan fingerprint density at radius 2 is 2.33 bits per heavy atom. The molecule has 1 N–H and O–H groups in total. The van der Waals surface area contributed by atoms with Crippen LogP contribution in [-0.2, 0) is 19.9 Å². The standard InChI is InChI=1S/C16H24N6OS/c1-3-4-5-14-19-20-15(24-14)18-16(23)22-7-6-12(11-22)8-13-9-17-21(2)10-13/h9-10,12H,3-8,11H2,1-2H3,(H,18,20,23)/t12-/m1/s1. The molecule has 0 bridgehead atoms. The highest BCUT2D eigenvalue weighted by Crippen LogP contribution is 2.23. The molecule has 130 valence electrons. The van der Waals surface area contributed by atoms with Crippen LogP contribution in [-0.4, -0.2) is 44.0 Å². The number of nitrogens with zero attached hydrogens (tertiary/aromatic N) is 5. The molecule has 2 aromatic heterocycles. The second-order valence-corrected chi connectivity index (χ2v) is 7.42. The van der Waals surface area contributed by atoms with E-state index in [-0.39, 0.29) is 6.03 Å². The van der Waals surface area contributed by atoms with Gasteiger partial charge in [-0.3, -0.25) is 10.00 Å². The summed E-state index contributed by atoms with van der Waals surface area (Å²) in [5.74, 6) is 0.495. The van der Waals surface area contributed by atoms with E-state index in [4.69, 9.17) is 0 Å². The second kappa shape index (κ2) is 7.74. The number of hydrogen-bond donors (Lipinski definition) is 1. The van der Waals surface area contributed by atoms with Crippen LogP contribution >= 0.6 is 11.3 Å². The molecule has 7 nitrogen and oxygen atoms in total. The Hall–Kier alpha value is -1.96. The highest BCUT2D eigenvalue weighted by molar-refractivity contribution is 7.15. The van der Waals surface area contributed by atoms with Crippen LogP contribution in [0, 0.1) is 5.92 Å². The Morgan fingerprint density at radius 3 is 3.08 bits per heavy atom. The van der Waals surface area contributed by atoms with Crippen LogP contribution in [0.5, 0.6) is 0 Å². The summed E-state index contributed by atoms with van der Waals surface area (Å²) in [6.45, 7) is 3.72.